The van der Waals surface area contributed by atoms with Gasteiger partial charge >= 0.3 is 17.3 Å². The van der Waals surface area contributed by atoms with E-state index in [0.29, 0.717) is 0 Å². The molecule has 7 heteroatoms. The molecule has 0 saturated carbocycles. The zero-order chi connectivity index (χ0) is 10.0. The fraction of sp³-hybridized carbons (Fsp3) is 0. The fourth-order valence-corrected chi connectivity index (χ4v) is 0.750. The first kappa shape index (κ1) is 8.91. The van der Waals surface area contributed by atoms with Gasteiger partial charge in [0.15, 0.2) is 0 Å². The monoisotopic (exact) mass is 184 g/mol. The largest absolute Gasteiger partial charge is 0.478 e. The highest BCUT2D eigenvalue weighted by molar-refractivity contribution is 5.87. The number of hydrogen-bond donors (Lipinski definition) is 2. The maximum absolute atomic E-state index is 10.7. The Morgan fingerprint density at radius 3 is 2.62 bits per heavy atom. The lowest BCUT2D eigenvalue weighted by Gasteiger charge is -1.94. The van der Waals surface area contributed by atoms with Crippen LogP contribution in [0.15, 0.2) is 16.9 Å². The molecule has 0 aliphatic heterocycles. The van der Waals surface area contributed by atoms with E-state index in [-0.39, 0.29) is 0 Å². The second-order valence-electron chi connectivity index (χ2n) is 2.18. The van der Waals surface area contributed by atoms with E-state index >= 15 is 0 Å². The second kappa shape index (κ2) is 3.05. The second-order valence-corrected chi connectivity index (χ2v) is 2.18. The van der Waals surface area contributed by atoms with E-state index in [1.54, 1.807) is 0 Å². The summed E-state index contributed by atoms with van der Waals surface area (Å²) in [7, 11) is 0. The number of nitrogens with zero attached hydrogens (tertiary/aromatic N) is 1. The van der Waals surface area contributed by atoms with E-state index in [1.807, 2.05) is 4.98 Å². The molecular weight excluding hydrogens is 180 g/mol. The topological polar surface area (TPSA) is 113 Å². The minimum absolute atomic E-state index is 0.407. The molecule has 0 aliphatic rings. The number of H-pyrrole nitrogens is 1. The van der Waals surface area contributed by atoms with Crippen molar-refractivity contribution in [3.8, 4) is 0 Å². The first-order valence-corrected chi connectivity index (χ1v) is 3.13. The summed E-state index contributed by atoms with van der Waals surface area (Å²) in [5, 5.41) is 18.6. The van der Waals surface area contributed by atoms with Gasteiger partial charge in [0.25, 0.3) is 0 Å². The number of aromatic nitrogens is 1. The maximum atomic E-state index is 10.7. The number of carboxylic acid groups (broad SMARTS) is 1. The molecule has 0 fully saturated rings. The van der Waals surface area contributed by atoms with Crippen LogP contribution < -0.4 is 5.56 Å². The van der Waals surface area contributed by atoms with Gasteiger partial charge in [-0.2, -0.15) is 0 Å². The van der Waals surface area contributed by atoms with Gasteiger partial charge in [-0.05, 0) is 4.92 Å². The van der Waals surface area contributed by atoms with E-state index < -0.39 is 27.8 Å². The van der Waals surface area contributed by atoms with Gasteiger partial charge in [0.2, 0.25) is 0 Å². The van der Waals surface area contributed by atoms with Crippen LogP contribution in [0.2, 0.25) is 0 Å². The molecule has 0 aromatic carbocycles. The summed E-state index contributed by atoms with van der Waals surface area (Å²) < 4.78 is 0. The summed E-state index contributed by atoms with van der Waals surface area (Å²) in [4.78, 5) is 32.2. The Morgan fingerprint density at radius 1 is 1.54 bits per heavy atom. The van der Waals surface area contributed by atoms with Crippen molar-refractivity contribution in [3.63, 3.8) is 0 Å². The summed E-state index contributed by atoms with van der Waals surface area (Å²) in [5.41, 5.74) is -1.22. The molecule has 0 radical (unpaired) electrons. The van der Waals surface area contributed by atoms with Gasteiger partial charge in [0.1, 0.15) is 0 Å². The fourth-order valence-electron chi connectivity index (χ4n) is 0.750. The van der Waals surface area contributed by atoms with Crippen LogP contribution in [-0.4, -0.2) is 21.0 Å². The lowest BCUT2D eigenvalue weighted by atomic mass is 10.2. The zero-order valence-corrected chi connectivity index (χ0v) is 6.18. The first-order valence-electron chi connectivity index (χ1n) is 3.13. The van der Waals surface area contributed by atoms with Crippen LogP contribution in [0.25, 0.3) is 0 Å². The molecule has 13 heavy (non-hydrogen) atoms. The number of aromatic carboxylic acids is 1. The van der Waals surface area contributed by atoms with Crippen LogP contribution in [0, 0.1) is 10.1 Å². The van der Waals surface area contributed by atoms with Crippen LogP contribution in [-0.2, 0) is 0 Å². The van der Waals surface area contributed by atoms with E-state index in [2.05, 4.69) is 0 Å². The normalized spacial score (nSPS) is 9.54. The third-order valence-corrected chi connectivity index (χ3v) is 1.27. The molecule has 1 rings (SSSR count). The Hall–Kier alpha value is -2.18. The first-order chi connectivity index (χ1) is 6.00. The minimum atomic E-state index is -1.38. The molecule has 7 nitrogen and oxygen atoms in total. The third-order valence-electron chi connectivity index (χ3n) is 1.27. The van der Waals surface area contributed by atoms with E-state index in [0.717, 1.165) is 12.1 Å². The van der Waals surface area contributed by atoms with Crippen LogP contribution in [0.3, 0.4) is 0 Å². The summed E-state index contributed by atoms with van der Waals surface area (Å²) in [6.07, 6.45) is 0. The third kappa shape index (κ3) is 1.89. The highest BCUT2D eigenvalue weighted by atomic mass is 16.6. The Labute approximate surface area is 70.8 Å². The quantitative estimate of drug-likeness (QED) is 0.495. The molecule has 0 atom stereocenters. The minimum Gasteiger partial charge on any atom is -0.478 e. The molecule has 0 unspecified atom stereocenters. The van der Waals surface area contributed by atoms with Crippen molar-refractivity contribution in [2.75, 3.05) is 0 Å². The molecule has 1 heterocycles. The summed E-state index contributed by atoms with van der Waals surface area (Å²) in [5.74, 6) is -2.01. The van der Waals surface area contributed by atoms with E-state index in [4.69, 9.17) is 5.11 Å². The highest BCUT2D eigenvalue weighted by Gasteiger charge is 2.11. The molecule has 0 saturated heterocycles. The predicted molar refractivity (Wildman–Crippen MR) is 40.7 cm³/mol. The lowest BCUT2D eigenvalue weighted by Crippen LogP contribution is -2.11. The number of nitrogens with one attached hydrogen (secondary N) is 1. The Balaban J connectivity index is 3.35. The van der Waals surface area contributed by atoms with Gasteiger partial charge in [0, 0.05) is 12.1 Å². The Kier molecular flexibility index (Phi) is 2.09. The number of carbonyl (C=O) groups is 1. The highest BCUT2D eigenvalue weighted by Crippen LogP contribution is 2.05. The SMILES string of the molecule is O=C(O)c1cc([N+](=O)[O-])[nH]c(=O)c1. The summed E-state index contributed by atoms with van der Waals surface area (Å²) in [6, 6.07) is 1.55. The standard InChI is InChI=1S/C6H4N2O5/c9-5-2-3(6(10)11)1-4(7-5)8(12)13/h1-2H,(H,7,9)(H,10,11). The number of carboxylic acids is 1. The summed E-state index contributed by atoms with van der Waals surface area (Å²) >= 11 is 0. The molecule has 1 aromatic heterocycles. The smallest absolute Gasteiger partial charge is 0.336 e. The van der Waals surface area contributed by atoms with Crippen LogP contribution >= 0.6 is 0 Å². The van der Waals surface area contributed by atoms with Crippen LogP contribution in [0.4, 0.5) is 5.82 Å². The van der Waals surface area contributed by atoms with Gasteiger partial charge in [-0.3, -0.25) is 0 Å². The van der Waals surface area contributed by atoms with Crippen molar-refractivity contribution in [2.45, 2.75) is 0 Å². The van der Waals surface area contributed by atoms with Gasteiger partial charge in [-0.15, -0.1) is 0 Å². The average molecular weight is 184 g/mol. The van der Waals surface area contributed by atoms with E-state index in [9.17, 15) is 19.7 Å². The molecule has 68 valence electrons. The van der Waals surface area contributed by atoms with Crippen molar-refractivity contribution in [1.29, 1.82) is 0 Å². The summed E-state index contributed by atoms with van der Waals surface area (Å²) in [6.45, 7) is 0. The number of rotatable bonds is 2. The van der Waals surface area contributed by atoms with Crippen LogP contribution in [0.5, 0.6) is 0 Å². The zero-order valence-electron chi connectivity index (χ0n) is 6.18. The predicted octanol–water partition coefficient (Wildman–Crippen LogP) is -0.0187. The van der Waals surface area contributed by atoms with Crippen molar-refractivity contribution in [2.24, 2.45) is 0 Å². The van der Waals surface area contributed by atoms with E-state index in [1.165, 1.54) is 0 Å². The molecule has 0 aliphatic carbocycles. The van der Waals surface area contributed by atoms with Gasteiger partial charge < -0.3 is 15.2 Å². The lowest BCUT2D eigenvalue weighted by molar-refractivity contribution is -0.389. The number of nitro groups is 1. The number of pyridine rings is 1. The van der Waals surface area contributed by atoms with Gasteiger partial charge in [-0.25, -0.2) is 14.6 Å². The molecule has 0 bridgehead atoms. The van der Waals surface area contributed by atoms with Crippen molar-refractivity contribution >= 4 is 11.8 Å². The molecule has 0 spiro atoms. The van der Waals surface area contributed by atoms with Crippen molar-refractivity contribution < 1.29 is 14.8 Å². The van der Waals surface area contributed by atoms with Gasteiger partial charge in [-0.1, -0.05) is 0 Å². The van der Waals surface area contributed by atoms with Crippen molar-refractivity contribution in [3.05, 3.63) is 38.2 Å². The van der Waals surface area contributed by atoms with Crippen molar-refractivity contribution in [1.82, 2.24) is 4.98 Å². The molecular formula is C6H4N2O5. The molecule has 2 N–H and O–H groups in total. The van der Waals surface area contributed by atoms with Gasteiger partial charge in [0.05, 0.1) is 5.56 Å². The number of aromatic amines is 1. The number of hydrogen-bond acceptors (Lipinski definition) is 4. The molecule has 1 aromatic rings. The van der Waals surface area contributed by atoms with Crippen LogP contribution in [0.1, 0.15) is 10.4 Å². The Bertz CT molecular complexity index is 386. The molecule has 0 amide bonds. The maximum Gasteiger partial charge on any atom is 0.336 e. The average Bonchev–Trinajstić information content (AvgIpc) is 2.03. The Morgan fingerprint density at radius 2 is 2.15 bits per heavy atom.